The van der Waals surface area contributed by atoms with Crippen molar-refractivity contribution < 1.29 is 41.7 Å². The third kappa shape index (κ3) is 8.49. The van der Waals surface area contributed by atoms with Crippen LogP contribution in [0.5, 0.6) is 11.5 Å². The molecule has 2 atom stereocenters. The number of likely N-dealkylation sites (N-methyl/N-ethyl adjacent to an activating group) is 1. The molecule has 342 valence electrons. The monoisotopic (exact) mass is 918 g/mol. The van der Waals surface area contributed by atoms with Crippen LogP contribution in [-0.2, 0) is 16.6 Å². The van der Waals surface area contributed by atoms with E-state index in [1.807, 2.05) is 6.07 Å². The lowest BCUT2D eigenvalue weighted by Crippen LogP contribution is -2.53. The molecule has 3 aliphatic heterocycles. The number of aromatic nitrogens is 4. The third-order valence-corrected chi connectivity index (χ3v) is 14.0. The van der Waals surface area contributed by atoms with Crippen LogP contribution in [0.25, 0.3) is 21.8 Å². The van der Waals surface area contributed by atoms with Gasteiger partial charge in [-0.2, -0.15) is 10.4 Å². The van der Waals surface area contributed by atoms with Crippen LogP contribution in [0.2, 0.25) is 0 Å². The van der Waals surface area contributed by atoms with E-state index in [0.29, 0.717) is 61.9 Å². The van der Waals surface area contributed by atoms with Gasteiger partial charge >= 0.3 is 6.03 Å². The number of aliphatic hydroxyl groups excluding tert-OH is 1. The van der Waals surface area contributed by atoms with Gasteiger partial charge in [-0.15, -0.1) is 0 Å². The number of likely N-dealkylation sites (tertiary alicyclic amines) is 1. The van der Waals surface area contributed by atoms with Crippen LogP contribution in [-0.4, -0.2) is 110 Å². The summed E-state index contributed by atoms with van der Waals surface area (Å²) in [7, 11) is 3.33. The molecule has 5 aromatic rings. The maximum Gasteiger partial charge on any atom is 0.329 e. The number of carbonyl (C=O) groups is 2. The minimum Gasteiger partial charge on any atom is -0.453 e. The Hall–Kier alpha value is -5.79. The van der Waals surface area contributed by atoms with Crippen molar-refractivity contribution in [2.45, 2.75) is 74.5 Å². The topological polar surface area (TPSA) is 183 Å². The highest BCUT2D eigenvalue weighted by Crippen LogP contribution is 2.48. The first kappa shape index (κ1) is 44.4. The van der Waals surface area contributed by atoms with Crippen molar-refractivity contribution in [1.29, 1.82) is 5.26 Å². The molecule has 4 fully saturated rings. The van der Waals surface area contributed by atoms with Crippen LogP contribution in [0.3, 0.4) is 0 Å². The first-order valence-electron chi connectivity index (χ1n) is 21.4. The number of hydrogen-bond donors (Lipinski definition) is 3. The molecule has 3 N–H and O–H groups in total. The fourth-order valence-electron chi connectivity index (χ4n) is 9.73. The molecule has 1 aliphatic carbocycles. The molecule has 3 aromatic carbocycles. The number of nitrogens with zero attached hydrogens (tertiary/aromatic N) is 8. The quantitative estimate of drug-likeness (QED) is 0.0987. The van der Waals surface area contributed by atoms with Crippen molar-refractivity contribution in [3.63, 3.8) is 0 Å². The Labute approximate surface area is 374 Å². The van der Waals surface area contributed by atoms with Gasteiger partial charge in [-0.25, -0.2) is 31.6 Å². The summed E-state index contributed by atoms with van der Waals surface area (Å²) >= 11 is 1.12. The number of halogens is 4. The predicted octanol–water partition coefficient (Wildman–Crippen LogP) is 6.34. The Kier molecular flexibility index (Phi) is 12.0. The number of nitriles is 1. The van der Waals surface area contributed by atoms with Crippen molar-refractivity contribution in [3.05, 3.63) is 81.9 Å². The van der Waals surface area contributed by atoms with E-state index in [1.54, 1.807) is 29.4 Å². The average molecular weight is 919 g/mol. The number of aliphatic hydroxyl groups is 1. The summed E-state index contributed by atoms with van der Waals surface area (Å²) in [6, 6.07) is 10.5. The van der Waals surface area contributed by atoms with Crippen LogP contribution < -0.4 is 25.2 Å². The average Bonchev–Trinajstić information content (AvgIpc) is 3.83. The maximum absolute atomic E-state index is 16.1. The molecule has 0 bridgehead atoms. The number of imide groups is 1. The van der Waals surface area contributed by atoms with E-state index in [-0.39, 0.29) is 89.5 Å². The number of aryl methyl sites for hydroxylation is 1. The second-order valence-corrected chi connectivity index (χ2v) is 18.2. The standard InChI is InChI=1S/C44H46F4N10O6S/c1-54(15-16-59)65-53-36-6-4-33(45)39(31(36)21-49)64-27-3-5-35-29(17-27)41(61)58(24-50-35)26-20-43(63-22-26)11-7-25(8-12-43)56-13-9-32(44(47,48)23-56)28-19-37-30(18-34(28)46)40(52-55(37)2)57-14-10-38(60)51-42(57)62/h3-6,17-19,24-26,32,53,59H,7-16,20,22-23H2,1-2H3,(H,51,60,62). The summed E-state index contributed by atoms with van der Waals surface area (Å²) in [6.45, 7) is 0.394. The number of urea groups is 1. The number of rotatable bonds is 11. The van der Waals surface area contributed by atoms with Gasteiger partial charge in [0.15, 0.2) is 17.4 Å². The zero-order chi connectivity index (χ0) is 45.8. The molecule has 2 unspecified atom stereocenters. The van der Waals surface area contributed by atoms with Gasteiger partial charge in [0.05, 0.1) is 65.8 Å². The second kappa shape index (κ2) is 17.5. The Morgan fingerprint density at radius 1 is 1.06 bits per heavy atom. The number of nitrogens with one attached hydrogen (secondary N) is 2. The second-order valence-electron chi connectivity index (χ2n) is 17.2. The normalized spacial score (nSPS) is 23.7. The largest absolute Gasteiger partial charge is 0.453 e. The summed E-state index contributed by atoms with van der Waals surface area (Å²) in [5.41, 5.74) is -0.0129. The highest BCUT2D eigenvalue weighted by molar-refractivity contribution is 7.98. The van der Waals surface area contributed by atoms with E-state index in [4.69, 9.17) is 9.47 Å². The number of hydrogen-bond acceptors (Lipinski definition) is 13. The van der Waals surface area contributed by atoms with E-state index < -0.39 is 47.6 Å². The Morgan fingerprint density at radius 2 is 1.86 bits per heavy atom. The van der Waals surface area contributed by atoms with Gasteiger partial charge in [0.2, 0.25) is 5.91 Å². The molecule has 16 nitrogen and oxygen atoms in total. The Morgan fingerprint density at radius 3 is 2.60 bits per heavy atom. The van der Waals surface area contributed by atoms with Crippen LogP contribution in [0.1, 0.15) is 68.0 Å². The van der Waals surface area contributed by atoms with Crippen LogP contribution in [0, 0.1) is 23.0 Å². The van der Waals surface area contributed by atoms with E-state index in [2.05, 4.69) is 20.1 Å². The molecule has 9 rings (SSSR count). The summed E-state index contributed by atoms with van der Waals surface area (Å²) in [5, 5.41) is 26.2. The van der Waals surface area contributed by atoms with Crippen molar-refractivity contribution in [3.8, 4) is 17.6 Å². The fraction of sp³-hybridized carbons (Fsp3) is 0.455. The summed E-state index contributed by atoms with van der Waals surface area (Å²) < 4.78 is 83.2. The summed E-state index contributed by atoms with van der Waals surface area (Å²) in [6.07, 6.45) is 4.47. The van der Waals surface area contributed by atoms with Gasteiger partial charge in [0, 0.05) is 50.1 Å². The van der Waals surface area contributed by atoms with Gasteiger partial charge in [-0.05, 0) is 100 Å². The number of benzene rings is 3. The molecule has 3 amide bonds. The summed E-state index contributed by atoms with van der Waals surface area (Å²) in [5.74, 6) is -6.67. The maximum atomic E-state index is 16.1. The molecule has 1 spiro atoms. The van der Waals surface area contributed by atoms with Crippen LogP contribution >= 0.6 is 12.1 Å². The number of anilines is 2. The van der Waals surface area contributed by atoms with E-state index in [0.717, 1.165) is 18.2 Å². The number of amides is 3. The number of ether oxygens (including phenoxy) is 2. The number of carbonyl (C=O) groups excluding carboxylic acids is 2. The van der Waals surface area contributed by atoms with Crippen molar-refractivity contribution in [2.24, 2.45) is 7.05 Å². The molecule has 65 heavy (non-hydrogen) atoms. The van der Waals surface area contributed by atoms with Crippen molar-refractivity contribution in [2.75, 3.05) is 56.1 Å². The molecule has 21 heteroatoms. The fourth-order valence-corrected chi connectivity index (χ4v) is 10.3. The van der Waals surface area contributed by atoms with E-state index >= 15 is 17.6 Å². The third-order valence-electron chi connectivity index (χ3n) is 13.2. The first-order valence-corrected chi connectivity index (χ1v) is 22.1. The molecule has 5 heterocycles. The predicted molar refractivity (Wildman–Crippen MR) is 233 cm³/mol. The number of piperidine rings is 1. The molecular weight excluding hydrogens is 873 g/mol. The Bertz CT molecular complexity index is 2790. The minimum atomic E-state index is -3.24. The lowest BCUT2D eigenvalue weighted by molar-refractivity contribution is -0.120. The van der Waals surface area contributed by atoms with Crippen molar-refractivity contribution >= 4 is 57.4 Å². The van der Waals surface area contributed by atoms with Crippen LogP contribution in [0.15, 0.2) is 53.6 Å². The van der Waals surface area contributed by atoms with Gasteiger partial charge in [-0.1, -0.05) is 0 Å². The van der Waals surface area contributed by atoms with Gasteiger partial charge < -0.3 is 19.3 Å². The Balaban J connectivity index is 0.846. The molecular formula is C44H46F4N10O6S. The van der Waals surface area contributed by atoms with E-state index in [1.165, 1.54) is 50.8 Å². The molecule has 3 saturated heterocycles. The van der Waals surface area contributed by atoms with Gasteiger partial charge in [0.1, 0.15) is 23.2 Å². The van der Waals surface area contributed by atoms with Crippen LogP contribution in [0.4, 0.5) is 33.9 Å². The molecule has 1 saturated carbocycles. The smallest absolute Gasteiger partial charge is 0.329 e. The zero-order valence-corrected chi connectivity index (χ0v) is 36.3. The summed E-state index contributed by atoms with van der Waals surface area (Å²) in [4.78, 5) is 45.8. The lowest BCUT2D eigenvalue weighted by atomic mass is 9.78. The number of fused-ring (bicyclic) bond motifs is 2. The lowest BCUT2D eigenvalue weighted by Gasteiger charge is -2.46. The number of alkyl halides is 2. The highest BCUT2D eigenvalue weighted by atomic mass is 32.2. The minimum absolute atomic E-state index is 0.0305. The highest BCUT2D eigenvalue weighted by Gasteiger charge is 2.50. The van der Waals surface area contributed by atoms with Crippen molar-refractivity contribution in [1.82, 2.24) is 33.9 Å². The van der Waals surface area contributed by atoms with Gasteiger partial charge in [0.25, 0.3) is 11.5 Å². The first-order chi connectivity index (χ1) is 31.2. The molecule has 2 aromatic heterocycles. The zero-order valence-electron chi connectivity index (χ0n) is 35.5. The van der Waals surface area contributed by atoms with Gasteiger partial charge in [-0.3, -0.25) is 34.0 Å². The SMILES string of the molecule is CN(CCO)SNc1ccc(F)c(Oc2ccc3ncn(C4COC5(CCC(N6CCC(c7cc8c(cc7F)c(N7CCC(=O)NC7=O)nn8C)C(F)(F)C6)CC5)C4)c(=O)c3c2)c1C#N. The molecule has 4 aliphatic rings. The van der Waals surface area contributed by atoms with E-state index in [9.17, 15) is 24.8 Å². The molecule has 0 radical (unpaired) electrons.